The minimum atomic E-state index is -0.324. The zero-order valence-electron chi connectivity index (χ0n) is 18.3. The van der Waals surface area contributed by atoms with Crippen LogP contribution in [-0.4, -0.2) is 58.5 Å². The van der Waals surface area contributed by atoms with Gasteiger partial charge in [0.1, 0.15) is 0 Å². The van der Waals surface area contributed by atoms with E-state index in [4.69, 9.17) is 4.74 Å². The largest absolute Gasteiger partial charge is 0.372 e. The van der Waals surface area contributed by atoms with Gasteiger partial charge in [0.15, 0.2) is 0 Å². The van der Waals surface area contributed by atoms with Gasteiger partial charge in [0.2, 0.25) is 5.91 Å². The molecule has 6 heteroatoms. The summed E-state index contributed by atoms with van der Waals surface area (Å²) >= 11 is 1.52. The van der Waals surface area contributed by atoms with E-state index in [2.05, 4.69) is 43.8 Å². The van der Waals surface area contributed by atoms with Crippen molar-refractivity contribution in [2.75, 3.05) is 32.8 Å². The highest BCUT2D eigenvalue weighted by atomic mass is 32.1. The first-order valence-electron chi connectivity index (χ1n) is 11.8. The average molecular weight is 440 g/mol. The zero-order chi connectivity index (χ0) is 21.2. The minimum absolute atomic E-state index is 0.106. The van der Waals surface area contributed by atoms with E-state index in [9.17, 15) is 4.79 Å². The van der Waals surface area contributed by atoms with E-state index in [1.165, 1.54) is 29.1 Å². The van der Waals surface area contributed by atoms with E-state index in [1.807, 2.05) is 12.3 Å². The molecule has 0 unspecified atom stereocenters. The van der Waals surface area contributed by atoms with Crippen LogP contribution in [0.25, 0.3) is 0 Å². The molecule has 166 valence electrons. The molecule has 1 spiro atoms. The average Bonchev–Trinajstić information content (AvgIpc) is 3.33. The Morgan fingerprint density at radius 1 is 1.03 bits per heavy atom. The molecule has 0 atom stereocenters. The van der Waals surface area contributed by atoms with Crippen LogP contribution < -0.4 is 0 Å². The molecule has 2 aromatic rings. The van der Waals surface area contributed by atoms with E-state index in [0.29, 0.717) is 5.91 Å². The van der Waals surface area contributed by atoms with E-state index < -0.39 is 0 Å². The molecule has 0 radical (unpaired) electrons. The Bertz CT molecular complexity index is 856. The van der Waals surface area contributed by atoms with Gasteiger partial charge in [-0.1, -0.05) is 49.6 Å². The standard InChI is InChI=1S/C25H33N3O2S/c29-23(25(9-5-2-6-10-25)22-7-3-1-4-8-22)28-13-11-24(12-14-28)20-27(15-16-30-24)18-21-17-26-31-19-21/h1,3-4,7-8,17,19H,2,5-6,9-16,18,20H2. The fourth-order valence-electron chi connectivity index (χ4n) is 5.88. The maximum atomic E-state index is 13.9. The quantitative estimate of drug-likeness (QED) is 0.715. The second kappa shape index (κ2) is 9.00. The number of carbonyl (C=O) groups is 1. The van der Waals surface area contributed by atoms with Gasteiger partial charge in [0.25, 0.3) is 0 Å². The Morgan fingerprint density at radius 3 is 2.52 bits per heavy atom. The molecular formula is C25H33N3O2S. The molecule has 1 saturated carbocycles. The number of hydrogen-bond acceptors (Lipinski definition) is 5. The molecular weight excluding hydrogens is 406 g/mol. The van der Waals surface area contributed by atoms with Gasteiger partial charge in [-0.05, 0) is 48.3 Å². The van der Waals surface area contributed by atoms with E-state index in [1.54, 1.807) is 0 Å². The van der Waals surface area contributed by atoms with Crippen LogP contribution in [-0.2, 0) is 21.5 Å². The lowest BCUT2D eigenvalue weighted by molar-refractivity contribution is -0.156. The Labute approximate surface area is 189 Å². The van der Waals surface area contributed by atoms with Crippen LogP contribution in [0, 0.1) is 0 Å². The molecule has 31 heavy (non-hydrogen) atoms. The zero-order valence-corrected chi connectivity index (χ0v) is 19.1. The summed E-state index contributed by atoms with van der Waals surface area (Å²) in [5.74, 6) is 0.352. The number of piperidine rings is 1. The first kappa shape index (κ1) is 21.1. The third-order valence-corrected chi connectivity index (χ3v) is 8.26. The number of morpholine rings is 1. The van der Waals surface area contributed by atoms with Crippen LogP contribution in [0.3, 0.4) is 0 Å². The molecule has 1 amide bonds. The SMILES string of the molecule is O=C(N1CCC2(CC1)CN(Cc1cnsc1)CCO2)C1(c2ccccc2)CCCCC1. The van der Waals surface area contributed by atoms with Crippen LogP contribution >= 0.6 is 11.5 Å². The lowest BCUT2D eigenvalue weighted by Gasteiger charge is -2.49. The van der Waals surface area contributed by atoms with E-state index in [-0.39, 0.29) is 11.0 Å². The maximum Gasteiger partial charge on any atom is 0.233 e. The lowest BCUT2D eigenvalue weighted by Crippen LogP contribution is -2.59. The molecule has 2 saturated heterocycles. The molecule has 3 aliphatic rings. The summed E-state index contributed by atoms with van der Waals surface area (Å²) < 4.78 is 10.6. The van der Waals surface area contributed by atoms with Crippen molar-refractivity contribution in [2.45, 2.75) is 62.5 Å². The Kier molecular flexibility index (Phi) is 6.13. The Morgan fingerprint density at radius 2 is 1.81 bits per heavy atom. The summed E-state index contributed by atoms with van der Waals surface area (Å²) in [7, 11) is 0. The van der Waals surface area contributed by atoms with Gasteiger partial charge in [0.05, 0.1) is 17.6 Å². The smallest absolute Gasteiger partial charge is 0.233 e. The van der Waals surface area contributed by atoms with Crippen LogP contribution in [0.4, 0.5) is 0 Å². The number of ether oxygens (including phenoxy) is 1. The van der Waals surface area contributed by atoms with Crippen molar-refractivity contribution in [1.82, 2.24) is 14.2 Å². The number of nitrogens with zero attached hydrogens (tertiary/aromatic N) is 3. The highest BCUT2D eigenvalue weighted by Gasteiger charge is 2.47. The highest BCUT2D eigenvalue weighted by molar-refractivity contribution is 7.03. The normalized spacial score (nSPS) is 23.7. The van der Waals surface area contributed by atoms with E-state index in [0.717, 1.165) is 77.9 Å². The van der Waals surface area contributed by atoms with Crippen molar-refractivity contribution >= 4 is 17.4 Å². The molecule has 3 heterocycles. The molecule has 0 N–H and O–H groups in total. The van der Waals surface area contributed by atoms with Crippen molar-refractivity contribution in [3.05, 3.63) is 53.0 Å². The van der Waals surface area contributed by atoms with Crippen LogP contribution in [0.15, 0.2) is 41.9 Å². The third-order valence-electron chi connectivity index (χ3n) is 7.62. The number of amides is 1. The van der Waals surface area contributed by atoms with Gasteiger partial charge in [0, 0.05) is 44.3 Å². The summed E-state index contributed by atoms with van der Waals surface area (Å²) in [6, 6.07) is 10.5. The minimum Gasteiger partial charge on any atom is -0.372 e. The van der Waals surface area contributed by atoms with Crippen LogP contribution in [0.2, 0.25) is 0 Å². The summed E-state index contributed by atoms with van der Waals surface area (Å²) in [5, 5.41) is 2.14. The second-order valence-corrected chi connectivity index (χ2v) is 10.2. The first-order valence-corrected chi connectivity index (χ1v) is 12.6. The first-order chi connectivity index (χ1) is 15.2. The van der Waals surface area contributed by atoms with Crippen molar-refractivity contribution < 1.29 is 9.53 Å². The fourth-order valence-corrected chi connectivity index (χ4v) is 6.41. The predicted octanol–water partition coefficient (Wildman–Crippen LogP) is 4.24. The van der Waals surface area contributed by atoms with Gasteiger partial charge in [-0.15, -0.1) is 0 Å². The molecule has 2 aliphatic heterocycles. The molecule has 1 aliphatic carbocycles. The number of rotatable bonds is 4. The van der Waals surface area contributed by atoms with Crippen LogP contribution in [0.1, 0.15) is 56.1 Å². The monoisotopic (exact) mass is 439 g/mol. The number of hydrogen-bond donors (Lipinski definition) is 0. The Balaban J connectivity index is 1.26. The van der Waals surface area contributed by atoms with Gasteiger partial charge < -0.3 is 9.64 Å². The van der Waals surface area contributed by atoms with Gasteiger partial charge in [-0.25, -0.2) is 4.37 Å². The summed E-state index contributed by atoms with van der Waals surface area (Å²) in [5.41, 5.74) is 2.07. The summed E-state index contributed by atoms with van der Waals surface area (Å²) in [6.45, 7) is 5.26. The molecule has 5 nitrogen and oxygen atoms in total. The van der Waals surface area contributed by atoms with Crippen molar-refractivity contribution in [3.8, 4) is 0 Å². The fraction of sp³-hybridized carbons (Fsp3) is 0.600. The third kappa shape index (κ3) is 4.30. The number of likely N-dealkylation sites (tertiary alicyclic amines) is 1. The Hall–Kier alpha value is -1.76. The van der Waals surface area contributed by atoms with Crippen molar-refractivity contribution in [2.24, 2.45) is 0 Å². The highest BCUT2D eigenvalue weighted by Crippen LogP contribution is 2.42. The van der Waals surface area contributed by atoms with Gasteiger partial charge in [-0.2, -0.15) is 0 Å². The lowest BCUT2D eigenvalue weighted by atomic mass is 9.68. The van der Waals surface area contributed by atoms with Gasteiger partial charge >= 0.3 is 0 Å². The predicted molar refractivity (Wildman–Crippen MR) is 123 cm³/mol. The maximum absolute atomic E-state index is 13.9. The molecule has 5 rings (SSSR count). The summed E-state index contributed by atoms with van der Waals surface area (Å²) in [6.07, 6.45) is 9.34. The molecule has 0 bridgehead atoms. The van der Waals surface area contributed by atoms with E-state index >= 15 is 0 Å². The van der Waals surface area contributed by atoms with Crippen LogP contribution in [0.5, 0.6) is 0 Å². The number of benzene rings is 1. The van der Waals surface area contributed by atoms with Gasteiger partial charge in [-0.3, -0.25) is 9.69 Å². The molecule has 3 fully saturated rings. The van der Waals surface area contributed by atoms with Crippen molar-refractivity contribution in [3.63, 3.8) is 0 Å². The summed E-state index contributed by atoms with van der Waals surface area (Å²) in [4.78, 5) is 18.5. The molecule has 1 aromatic heterocycles. The second-order valence-electron chi connectivity index (χ2n) is 9.58. The number of aromatic nitrogens is 1. The number of carbonyl (C=O) groups excluding carboxylic acids is 1. The molecule has 1 aromatic carbocycles. The topological polar surface area (TPSA) is 45.7 Å². The van der Waals surface area contributed by atoms with Crippen molar-refractivity contribution in [1.29, 1.82) is 0 Å².